The van der Waals surface area contributed by atoms with E-state index in [9.17, 15) is 20.0 Å². The van der Waals surface area contributed by atoms with Crippen molar-refractivity contribution in [3.63, 3.8) is 0 Å². The van der Waals surface area contributed by atoms with Gasteiger partial charge in [0, 0.05) is 25.5 Å². The lowest BCUT2D eigenvalue weighted by molar-refractivity contribution is -0.384. The van der Waals surface area contributed by atoms with Gasteiger partial charge in [0.2, 0.25) is 5.91 Å². The molecule has 0 aromatic heterocycles. The zero-order chi connectivity index (χ0) is 11.9. The second-order valence-electron chi connectivity index (χ2n) is 3.64. The Labute approximate surface area is 91.3 Å². The van der Waals surface area contributed by atoms with E-state index in [1.807, 2.05) is 0 Å². The van der Waals surface area contributed by atoms with Crippen LogP contribution < -0.4 is 4.90 Å². The van der Waals surface area contributed by atoms with Gasteiger partial charge in [0.25, 0.3) is 5.69 Å². The van der Waals surface area contributed by atoms with E-state index in [-0.39, 0.29) is 18.0 Å². The van der Waals surface area contributed by atoms with Gasteiger partial charge in [0.15, 0.2) is 0 Å². The van der Waals surface area contributed by atoms with Gasteiger partial charge in [-0.15, -0.1) is 0 Å². The Morgan fingerprint density at radius 2 is 2.31 bits per heavy atom. The van der Waals surface area contributed by atoms with Crippen molar-refractivity contribution in [1.82, 2.24) is 0 Å². The fourth-order valence-electron chi connectivity index (χ4n) is 1.91. The molecule has 1 aromatic carbocycles. The van der Waals surface area contributed by atoms with E-state index in [1.54, 1.807) is 0 Å². The summed E-state index contributed by atoms with van der Waals surface area (Å²) in [5.41, 5.74) is 1.14. The van der Waals surface area contributed by atoms with E-state index in [0.29, 0.717) is 11.3 Å². The van der Waals surface area contributed by atoms with Crippen LogP contribution in [0.3, 0.4) is 0 Å². The molecule has 1 heterocycles. The Morgan fingerprint density at radius 3 is 2.88 bits per heavy atom. The number of anilines is 1. The molecule has 0 radical (unpaired) electrons. The van der Waals surface area contributed by atoms with Crippen LogP contribution in [0.25, 0.3) is 0 Å². The number of amides is 1. The van der Waals surface area contributed by atoms with Gasteiger partial charge in [-0.3, -0.25) is 19.8 Å². The Bertz CT molecular complexity index is 472. The molecule has 1 unspecified atom stereocenters. The third-order valence-electron chi connectivity index (χ3n) is 2.57. The summed E-state index contributed by atoms with van der Waals surface area (Å²) in [5, 5.41) is 20.2. The topological polar surface area (TPSA) is 83.7 Å². The third kappa shape index (κ3) is 1.53. The number of nitro groups is 1. The van der Waals surface area contributed by atoms with Crippen LogP contribution in [0.2, 0.25) is 0 Å². The van der Waals surface area contributed by atoms with Crippen molar-refractivity contribution < 1.29 is 14.8 Å². The van der Waals surface area contributed by atoms with Crippen molar-refractivity contribution in [3.8, 4) is 0 Å². The van der Waals surface area contributed by atoms with Crippen molar-refractivity contribution in [2.75, 3.05) is 4.90 Å². The lowest BCUT2D eigenvalue weighted by Crippen LogP contribution is -2.35. The molecule has 6 heteroatoms. The van der Waals surface area contributed by atoms with E-state index in [1.165, 1.54) is 30.0 Å². The molecule has 1 amide bonds. The van der Waals surface area contributed by atoms with Crippen LogP contribution in [-0.2, 0) is 11.2 Å². The van der Waals surface area contributed by atoms with E-state index in [4.69, 9.17) is 0 Å². The standard InChI is InChI=1S/C10H10N2O4/c1-6(13)11-9-3-2-8(12(15)16)4-7(9)5-10(11)14/h2-4,10,14H,5H2,1H3. The van der Waals surface area contributed by atoms with Gasteiger partial charge in [0.05, 0.1) is 10.6 Å². The van der Waals surface area contributed by atoms with Crippen LogP contribution in [-0.4, -0.2) is 22.2 Å². The molecule has 1 aromatic rings. The summed E-state index contributed by atoms with van der Waals surface area (Å²) in [6, 6.07) is 4.21. The molecule has 1 atom stereocenters. The lowest BCUT2D eigenvalue weighted by atomic mass is 10.1. The highest BCUT2D eigenvalue weighted by Gasteiger charge is 2.31. The highest BCUT2D eigenvalue weighted by Crippen LogP contribution is 2.33. The zero-order valence-electron chi connectivity index (χ0n) is 8.58. The number of fused-ring (bicyclic) bond motifs is 1. The van der Waals surface area contributed by atoms with Crippen molar-refractivity contribution >= 4 is 17.3 Å². The van der Waals surface area contributed by atoms with Gasteiger partial charge in [-0.2, -0.15) is 0 Å². The van der Waals surface area contributed by atoms with Crippen LogP contribution >= 0.6 is 0 Å². The minimum absolute atomic E-state index is 0.0312. The molecule has 84 valence electrons. The van der Waals surface area contributed by atoms with Crippen molar-refractivity contribution in [3.05, 3.63) is 33.9 Å². The SMILES string of the molecule is CC(=O)N1c2ccc([N+](=O)[O-])cc2CC1O. The number of carbonyl (C=O) groups is 1. The second-order valence-corrected chi connectivity index (χ2v) is 3.64. The molecular formula is C10H10N2O4. The van der Waals surface area contributed by atoms with Gasteiger partial charge < -0.3 is 5.11 Å². The molecule has 0 aliphatic carbocycles. The summed E-state index contributed by atoms with van der Waals surface area (Å²) >= 11 is 0. The number of benzene rings is 1. The Morgan fingerprint density at radius 1 is 1.62 bits per heavy atom. The molecular weight excluding hydrogens is 212 g/mol. The number of nitro benzene ring substituents is 1. The molecule has 2 rings (SSSR count). The summed E-state index contributed by atoms with van der Waals surface area (Å²) in [4.78, 5) is 22.6. The predicted octanol–water partition coefficient (Wildman–Crippen LogP) is 0.822. The number of rotatable bonds is 1. The number of non-ortho nitro benzene ring substituents is 1. The van der Waals surface area contributed by atoms with Gasteiger partial charge in [-0.25, -0.2) is 0 Å². The maximum atomic E-state index is 11.3. The first kappa shape index (κ1) is 10.6. The van der Waals surface area contributed by atoms with E-state index < -0.39 is 11.2 Å². The first-order chi connectivity index (χ1) is 7.50. The van der Waals surface area contributed by atoms with Crippen molar-refractivity contribution in [2.45, 2.75) is 19.6 Å². The van der Waals surface area contributed by atoms with Gasteiger partial charge in [-0.05, 0) is 11.6 Å². The molecule has 0 spiro atoms. The number of hydrogen-bond donors (Lipinski definition) is 1. The molecule has 16 heavy (non-hydrogen) atoms. The number of nitrogens with zero attached hydrogens (tertiary/aromatic N) is 2. The molecule has 0 saturated carbocycles. The van der Waals surface area contributed by atoms with Gasteiger partial charge in [-0.1, -0.05) is 0 Å². The third-order valence-corrected chi connectivity index (χ3v) is 2.57. The molecule has 0 bridgehead atoms. The first-order valence-corrected chi connectivity index (χ1v) is 4.76. The summed E-state index contributed by atoms with van der Waals surface area (Å²) in [7, 11) is 0. The van der Waals surface area contributed by atoms with Gasteiger partial charge >= 0.3 is 0 Å². The largest absolute Gasteiger partial charge is 0.373 e. The second kappa shape index (κ2) is 3.57. The summed E-state index contributed by atoms with van der Waals surface area (Å²) < 4.78 is 0. The van der Waals surface area contributed by atoms with E-state index in [0.717, 1.165) is 0 Å². The summed E-state index contributed by atoms with van der Waals surface area (Å²) in [6.07, 6.45) is -0.689. The molecule has 1 N–H and O–H groups in total. The number of aliphatic hydroxyl groups excluding tert-OH is 1. The zero-order valence-corrected chi connectivity index (χ0v) is 8.58. The van der Waals surface area contributed by atoms with E-state index in [2.05, 4.69) is 0 Å². The maximum Gasteiger partial charge on any atom is 0.269 e. The Balaban J connectivity index is 2.46. The minimum Gasteiger partial charge on any atom is -0.373 e. The average molecular weight is 222 g/mol. The summed E-state index contributed by atoms with van der Waals surface area (Å²) in [5.74, 6) is -0.278. The van der Waals surface area contributed by atoms with Crippen LogP contribution in [0.4, 0.5) is 11.4 Å². The number of hydrogen-bond acceptors (Lipinski definition) is 4. The van der Waals surface area contributed by atoms with Crippen LogP contribution in [0.1, 0.15) is 12.5 Å². The fraction of sp³-hybridized carbons (Fsp3) is 0.300. The summed E-state index contributed by atoms with van der Waals surface area (Å²) in [6.45, 7) is 1.35. The fourth-order valence-corrected chi connectivity index (χ4v) is 1.91. The van der Waals surface area contributed by atoms with Crippen LogP contribution in [0.15, 0.2) is 18.2 Å². The Hall–Kier alpha value is -1.95. The molecule has 0 fully saturated rings. The highest BCUT2D eigenvalue weighted by atomic mass is 16.6. The highest BCUT2D eigenvalue weighted by molar-refractivity contribution is 5.94. The van der Waals surface area contributed by atoms with Crippen molar-refractivity contribution in [1.29, 1.82) is 0 Å². The predicted molar refractivity (Wildman–Crippen MR) is 56.0 cm³/mol. The molecule has 1 aliphatic heterocycles. The van der Waals surface area contributed by atoms with Crippen LogP contribution in [0.5, 0.6) is 0 Å². The monoisotopic (exact) mass is 222 g/mol. The average Bonchev–Trinajstić information content (AvgIpc) is 2.51. The molecule has 1 aliphatic rings. The first-order valence-electron chi connectivity index (χ1n) is 4.76. The Kier molecular flexibility index (Phi) is 2.35. The van der Waals surface area contributed by atoms with Crippen molar-refractivity contribution in [2.24, 2.45) is 0 Å². The van der Waals surface area contributed by atoms with E-state index >= 15 is 0 Å². The minimum atomic E-state index is -0.922. The molecule has 0 saturated heterocycles. The molecule has 6 nitrogen and oxygen atoms in total. The smallest absolute Gasteiger partial charge is 0.269 e. The lowest BCUT2D eigenvalue weighted by Gasteiger charge is -2.19. The number of carbonyl (C=O) groups excluding carboxylic acids is 1. The normalized spacial score (nSPS) is 18.4. The number of aliphatic hydroxyl groups is 1. The van der Waals surface area contributed by atoms with Gasteiger partial charge in [0.1, 0.15) is 6.23 Å². The maximum absolute atomic E-state index is 11.3. The quantitative estimate of drug-likeness (QED) is 0.563. The van der Waals surface area contributed by atoms with Crippen LogP contribution in [0, 0.1) is 10.1 Å².